The predicted octanol–water partition coefficient (Wildman–Crippen LogP) is 3.51. The van der Waals surface area contributed by atoms with Gasteiger partial charge in [0, 0.05) is 6.20 Å². The van der Waals surface area contributed by atoms with Crippen molar-refractivity contribution >= 4 is 0 Å². The Kier molecular flexibility index (Phi) is 4.73. The van der Waals surface area contributed by atoms with Gasteiger partial charge in [-0.05, 0) is 31.6 Å². The Labute approximate surface area is 93.2 Å². The van der Waals surface area contributed by atoms with Gasteiger partial charge in [-0.15, -0.1) is 0 Å². The fourth-order valence-electron chi connectivity index (χ4n) is 1.74. The summed E-state index contributed by atoms with van der Waals surface area (Å²) in [6.07, 6.45) is 6.75. The molecule has 1 aromatic rings. The highest BCUT2D eigenvalue weighted by molar-refractivity contribution is 5.18. The van der Waals surface area contributed by atoms with Gasteiger partial charge in [0.2, 0.25) is 0 Å². The van der Waals surface area contributed by atoms with Crippen molar-refractivity contribution in [1.29, 1.82) is 0 Å². The minimum atomic E-state index is 0.500. The quantitative estimate of drug-likeness (QED) is 0.702. The van der Waals surface area contributed by atoms with E-state index in [-0.39, 0.29) is 0 Å². The molecule has 0 fully saturated rings. The van der Waals surface area contributed by atoms with Crippen molar-refractivity contribution in [3.05, 3.63) is 23.3 Å². The van der Waals surface area contributed by atoms with Crippen LogP contribution in [0.5, 0.6) is 0 Å². The van der Waals surface area contributed by atoms with Crippen LogP contribution in [-0.4, -0.2) is 9.97 Å². The summed E-state index contributed by atoms with van der Waals surface area (Å²) in [6, 6.07) is 0. The molecule has 1 heterocycles. The predicted molar refractivity (Wildman–Crippen MR) is 64.1 cm³/mol. The van der Waals surface area contributed by atoms with E-state index in [2.05, 4.69) is 23.8 Å². The van der Waals surface area contributed by atoms with E-state index < -0.39 is 0 Å². The van der Waals surface area contributed by atoms with Gasteiger partial charge >= 0.3 is 0 Å². The van der Waals surface area contributed by atoms with Crippen LogP contribution in [0.3, 0.4) is 0 Å². The molecule has 0 bridgehead atoms. The Balaban J connectivity index is 0.000000531. The van der Waals surface area contributed by atoms with Gasteiger partial charge in [0.25, 0.3) is 0 Å². The molecule has 0 saturated heterocycles. The summed E-state index contributed by atoms with van der Waals surface area (Å²) >= 11 is 0. The van der Waals surface area contributed by atoms with Crippen molar-refractivity contribution in [3.8, 4) is 0 Å². The van der Waals surface area contributed by atoms with Crippen LogP contribution in [0.2, 0.25) is 0 Å². The first kappa shape index (κ1) is 12.2. The maximum absolute atomic E-state index is 4.65. The minimum Gasteiger partial charge on any atom is -0.257 e. The first-order valence-corrected chi connectivity index (χ1v) is 6.12. The summed E-state index contributed by atoms with van der Waals surface area (Å²) in [6.45, 7) is 8.33. The first-order valence-electron chi connectivity index (χ1n) is 6.12. The molecule has 0 unspecified atom stereocenters. The molecule has 0 spiro atoms. The van der Waals surface area contributed by atoms with Crippen LogP contribution in [0.1, 0.15) is 63.5 Å². The Bertz CT molecular complexity index is 305. The molecule has 15 heavy (non-hydrogen) atoms. The number of rotatable bonds is 1. The maximum atomic E-state index is 4.65. The Hall–Kier alpha value is -0.920. The molecule has 0 aliphatic heterocycles. The Morgan fingerprint density at radius 3 is 2.27 bits per heavy atom. The first-order chi connectivity index (χ1) is 7.27. The highest BCUT2D eigenvalue weighted by atomic mass is 14.8. The van der Waals surface area contributed by atoms with Crippen LogP contribution in [0.25, 0.3) is 0 Å². The molecule has 84 valence electrons. The van der Waals surface area contributed by atoms with Crippen molar-refractivity contribution in [2.45, 2.75) is 59.3 Å². The van der Waals surface area contributed by atoms with Gasteiger partial charge in [0.05, 0.1) is 17.1 Å². The molecular formula is C13H22N2. The average molecular weight is 206 g/mol. The SMILES string of the molecule is CC.CC(C)c1cnc2c(n1)CCCC2. The fraction of sp³-hybridized carbons (Fsp3) is 0.692. The third-order valence-corrected chi connectivity index (χ3v) is 2.62. The molecule has 1 aliphatic carbocycles. The summed E-state index contributed by atoms with van der Waals surface area (Å²) in [4.78, 5) is 9.13. The van der Waals surface area contributed by atoms with E-state index in [0.29, 0.717) is 5.92 Å². The number of aromatic nitrogens is 2. The second-order valence-corrected chi connectivity index (χ2v) is 4.05. The van der Waals surface area contributed by atoms with Crippen molar-refractivity contribution in [2.75, 3.05) is 0 Å². The lowest BCUT2D eigenvalue weighted by Crippen LogP contribution is -2.10. The lowest BCUT2D eigenvalue weighted by Gasteiger charge is -2.15. The number of aryl methyl sites for hydroxylation is 2. The molecule has 2 rings (SSSR count). The van der Waals surface area contributed by atoms with Gasteiger partial charge < -0.3 is 0 Å². The zero-order valence-corrected chi connectivity index (χ0v) is 10.4. The lowest BCUT2D eigenvalue weighted by molar-refractivity contribution is 0.636. The molecule has 1 aliphatic rings. The second-order valence-electron chi connectivity index (χ2n) is 4.05. The van der Waals surface area contributed by atoms with Crippen LogP contribution in [0, 0.1) is 0 Å². The van der Waals surface area contributed by atoms with Crippen molar-refractivity contribution in [1.82, 2.24) is 9.97 Å². The van der Waals surface area contributed by atoms with Crippen LogP contribution in [0.15, 0.2) is 6.20 Å². The number of nitrogens with zero attached hydrogens (tertiary/aromatic N) is 2. The largest absolute Gasteiger partial charge is 0.257 e. The van der Waals surface area contributed by atoms with E-state index in [1.54, 1.807) is 0 Å². The topological polar surface area (TPSA) is 25.8 Å². The number of hydrogen-bond donors (Lipinski definition) is 0. The van der Waals surface area contributed by atoms with Crippen molar-refractivity contribution < 1.29 is 0 Å². The minimum absolute atomic E-state index is 0.500. The van der Waals surface area contributed by atoms with Gasteiger partial charge in [0.1, 0.15) is 0 Å². The zero-order valence-electron chi connectivity index (χ0n) is 10.4. The van der Waals surface area contributed by atoms with Crippen molar-refractivity contribution in [2.24, 2.45) is 0 Å². The van der Waals surface area contributed by atoms with Gasteiger partial charge in [0.15, 0.2) is 0 Å². The zero-order chi connectivity index (χ0) is 11.3. The molecule has 0 amide bonds. The molecular weight excluding hydrogens is 184 g/mol. The fourth-order valence-corrected chi connectivity index (χ4v) is 1.74. The van der Waals surface area contributed by atoms with E-state index in [1.165, 1.54) is 24.2 Å². The molecule has 0 aromatic carbocycles. The van der Waals surface area contributed by atoms with Crippen LogP contribution in [0.4, 0.5) is 0 Å². The van der Waals surface area contributed by atoms with E-state index in [0.717, 1.165) is 18.5 Å². The Morgan fingerprint density at radius 2 is 1.67 bits per heavy atom. The third kappa shape index (κ3) is 3.01. The number of fused-ring (bicyclic) bond motifs is 1. The van der Waals surface area contributed by atoms with Gasteiger partial charge in [-0.25, -0.2) is 0 Å². The molecule has 0 radical (unpaired) electrons. The smallest absolute Gasteiger partial charge is 0.0622 e. The molecule has 0 saturated carbocycles. The third-order valence-electron chi connectivity index (χ3n) is 2.62. The van der Waals surface area contributed by atoms with E-state index in [1.807, 2.05) is 20.0 Å². The Morgan fingerprint density at radius 1 is 1.07 bits per heavy atom. The summed E-state index contributed by atoms with van der Waals surface area (Å²) < 4.78 is 0. The average Bonchev–Trinajstić information content (AvgIpc) is 2.31. The molecule has 0 atom stereocenters. The molecule has 1 aromatic heterocycles. The summed E-state index contributed by atoms with van der Waals surface area (Å²) in [5.41, 5.74) is 3.62. The van der Waals surface area contributed by atoms with E-state index in [4.69, 9.17) is 0 Å². The van der Waals surface area contributed by atoms with Gasteiger partial charge in [-0.2, -0.15) is 0 Å². The normalized spacial score (nSPS) is 14.2. The van der Waals surface area contributed by atoms with Crippen LogP contribution >= 0.6 is 0 Å². The van der Waals surface area contributed by atoms with Crippen LogP contribution in [-0.2, 0) is 12.8 Å². The van der Waals surface area contributed by atoms with E-state index >= 15 is 0 Å². The van der Waals surface area contributed by atoms with Crippen LogP contribution < -0.4 is 0 Å². The number of hydrogen-bond acceptors (Lipinski definition) is 2. The summed E-state index contributed by atoms with van der Waals surface area (Å²) in [5.74, 6) is 0.500. The molecule has 2 heteroatoms. The lowest BCUT2D eigenvalue weighted by atomic mass is 10.00. The highest BCUT2D eigenvalue weighted by Crippen LogP contribution is 2.19. The monoisotopic (exact) mass is 206 g/mol. The standard InChI is InChI=1S/C11H16N2.C2H6/c1-8(2)11-7-12-9-5-3-4-6-10(9)13-11;1-2/h7-8H,3-6H2,1-2H3;1-2H3. The molecule has 2 nitrogen and oxygen atoms in total. The summed E-state index contributed by atoms with van der Waals surface area (Å²) in [5, 5.41) is 0. The van der Waals surface area contributed by atoms with E-state index in [9.17, 15) is 0 Å². The summed E-state index contributed by atoms with van der Waals surface area (Å²) in [7, 11) is 0. The molecule has 0 N–H and O–H groups in total. The van der Waals surface area contributed by atoms with Gasteiger partial charge in [-0.1, -0.05) is 27.7 Å². The maximum Gasteiger partial charge on any atom is 0.0622 e. The van der Waals surface area contributed by atoms with Crippen molar-refractivity contribution in [3.63, 3.8) is 0 Å². The van der Waals surface area contributed by atoms with Gasteiger partial charge in [-0.3, -0.25) is 9.97 Å². The highest BCUT2D eigenvalue weighted by Gasteiger charge is 2.13. The second kappa shape index (κ2) is 5.84.